The molecule has 0 spiro atoms. The maximum Gasteiger partial charge on any atom is 0.318 e. The first-order valence-corrected chi connectivity index (χ1v) is 2.89. The zero-order valence-electron chi connectivity index (χ0n) is 5.78. The fourth-order valence-electron chi connectivity index (χ4n) is 0.508. The second-order valence-corrected chi connectivity index (χ2v) is 1.87. The third-order valence-corrected chi connectivity index (χ3v) is 1.09. The Labute approximate surface area is 63.5 Å². The van der Waals surface area contributed by atoms with E-state index in [2.05, 4.69) is 12.3 Å². The van der Waals surface area contributed by atoms with Crippen LogP contribution in [0.4, 0.5) is 0 Å². The molecule has 0 heterocycles. The largest absolute Gasteiger partial charge is 0.481 e. The standard InChI is InChI=1S/C7H8O4/c1-2-3-4-5(6(8)9)7(10)11/h3,5H,1,4H2,(H,8,9)(H,10,11). The Morgan fingerprint density at radius 1 is 1.45 bits per heavy atom. The van der Waals surface area contributed by atoms with Crippen molar-refractivity contribution in [3.63, 3.8) is 0 Å². The van der Waals surface area contributed by atoms with Gasteiger partial charge in [-0.1, -0.05) is 6.58 Å². The molecule has 11 heavy (non-hydrogen) atoms. The van der Waals surface area contributed by atoms with E-state index in [9.17, 15) is 9.59 Å². The summed E-state index contributed by atoms with van der Waals surface area (Å²) >= 11 is 0. The number of carboxylic acid groups (broad SMARTS) is 2. The van der Waals surface area contributed by atoms with Gasteiger partial charge in [-0.2, -0.15) is 0 Å². The quantitative estimate of drug-likeness (QED) is 0.459. The molecule has 0 fully saturated rings. The molecule has 0 aliphatic rings. The minimum Gasteiger partial charge on any atom is -0.481 e. The summed E-state index contributed by atoms with van der Waals surface area (Å²) in [6.45, 7) is 3.18. The van der Waals surface area contributed by atoms with Gasteiger partial charge in [0.25, 0.3) is 0 Å². The molecule has 0 saturated heterocycles. The topological polar surface area (TPSA) is 74.6 Å². The van der Waals surface area contributed by atoms with E-state index in [-0.39, 0.29) is 6.42 Å². The number of allylic oxidation sites excluding steroid dienone is 1. The summed E-state index contributed by atoms with van der Waals surface area (Å²) < 4.78 is 0. The van der Waals surface area contributed by atoms with Gasteiger partial charge in [-0.3, -0.25) is 9.59 Å². The predicted octanol–water partition coefficient (Wildman–Crippen LogP) is 0.503. The van der Waals surface area contributed by atoms with E-state index in [1.54, 1.807) is 0 Å². The van der Waals surface area contributed by atoms with Crippen LogP contribution in [0.5, 0.6) is 0 Å². The van der Waals surface area contributed by atoms with Gasteiger partial charge >= 0.3 is 11.9 Å². The van der Waals surface area contributed by atoms with Crippen molar-refractivity contribution >= 4 is 11.9 Å². The fraction of sp³-hybridized carbons (Fsp3) is 0.286. The molecule has 0 aliphatic heterocycles. The van der Waals surface area contributed by atoms with Crippen molar-refractivity contribution in [3.8, 4) is 0 Å². The highest BCUT2D eigenvalue weighted by Gasteiger charge is 2.23. The second kappa shape index (κ2) is 4.30. The number of carbonyl (C=O) groups is 2. The van der Waals surface area contributed by atoms with Gasteiger partial charge in [0, 0.05) is 0 Å². The van der Waals surface area contributed by atoms with Crippen LogP contribution in [0.25, 0.3) is 0 Å². The molecule has 0 aromatic heterocycles. The first-order valence-electron chi connectivity index (χ1n) is 2.89. The minimum absolute atomic E-state index is 0.0752. The fourth-order valence-corrected chi connectivity index (χ4v) is 0.508. The van der Waals surface area contributed by atoms with Crippen molar-refractivity contribution in [1.29, 1.82) is 0 Å². The zero-order valence-corrected chi connectivity index (χ0v) is 5.78. The second-order valence-electron chi connectivity index (χ2n) is 1.87. The lowest BCUT2D eigenvalue weighted by Gasteiger charge is -2.00. The lowest BCUT2D eigenvalue weighted by Crippen LogP contribution is -2.22. The summed E-state index contributed by atoms with van der Waals surface area (Å²) in [5, 5.41) is 16.6. The third-order valence-electron chi connectivity index (χ3n) is 1.09. The van der Waals surface area contributed by atoms with E-state index in [0.717, 1.165) is 0 Å². The molecule has 0 aromatic carbocycles. The van der Waals surface area contributed by atoms with Crippen molar-refractivity contribution in [2.45, 2.75) is 6.42 Å². The van der Waals surface area contributed by atoms with Gasteiger partial charge < -0.3 is 10.2 Å². The number of hydrogen-bond donors (Lipinski definition) is 2. The van der Waals surface area contributed by atoms with Crippen molar-refractivity contribution in [1.82, 2.24) is 0 Å². The molecular weight excluding hydrogens is 148 g/mol. The Balaban J connectivity index is 4.22. The molecule has 0 radical (unpaired) electrons. The molecule has 0 atom stereocenters. The Morgan fingerprint density at radius 2 is 1.91 bits per heavy atom. The van der Waals surface area contributed by atoms with E-state index in [1.165, 1.54) is 6.08 Å². The van der Waals surface area contributed by atoms with Crippen LogP contribution >= 0.6 is 0 Å². The lowest BCUT2D eigenvalue weighted by molar-refractivity contribution is -0.154. The molecule has 2 N–H and O–H groups in total. The van der Waals surface area contributed by atoms with Crippen molar-refractivity contribution in [3.05, 3.63) is 18.4 Å². The summed E-state index contributed by atoms with van der Waals surface area (Å²) in [5.74, 6) is -4.07. The van der Waals surface area contributed by atoms with Gasteiger partial charge in [0.05, 0.1) is 0 Å². The predicted molar refractivity (Wildman–Crippen MR) is 37.1 cm³/mol. The molecule has 0 aliphatic carbocycles. The third kappa shape index (κ3) is 3.23. The van der Waals surface area contributed by atoms with Crippen LogP contribution in [0.15, 0.2) is 18.4 Å². The maximum absolute atomic E-state index is 10.2. The molecule has 4 heteroatoms. The lowest BCUT2D eigenvalue weighted by atomic mass is 10.1. The van der Waals surface area contributed by atoms with Gasteiger partial charge in [0.1, 0.15) is 0 Å². The van der Waals surface area contributed by atoms with Gasteiger partial charge in [0.2, 0.25) is 0 Å². The molecule has 0 amide bonds. The Morgan fingerprint density at radius 3 is 2.18 bits per heavy atom. The van der Waals surface area contributed by atoms with E-state index < -0.39 is 17.9 Å². The number of rotatable bonds is 4. The summed E-state index contributed by atoms with van der Waals surface area (Å²) in [5.41, 5.74) is 2.31. The Hall–Kier alpha value is -1.54. The molecule has 0 saturated carbocycles. The molecule has 4 nitrogen and oxygen atoms in total. The molecule has 0 rings (SSSR count). The van der Waals surface area contributed by atoms with Crippen molar-refractivity contribution in [2.24, 2.45) is 5.92 Å². The van der Waals surface area contributed by atoms with Crippen molar-refractivity contribution in [2.75, 3.05) is 0 Å². The summed E-state index contributed by atoms with van der Waals surface area (Å²) in [4.78, 5) is 20.4. The first-order chi connectivity index (χ1) is 5.09. The van der Waals surface area contributed by atoms with Crippen LogP contribution < -0.4 is 0 Å². The van der Waals surface area contributed by atoms with Crippen LogP contribution in [-0.4, -0.2) is 22.2 Å². The average Bonchev–Trinajstić information content (AvgIpc) is 1.87. The average molecular weight is 156 g/mol. The smallest absolute Gasteiger partial charge is 0.318 e. The van der Waals surface area contributed by atoms with Gasteiger partial charge in [-0.25, -0.2) is 0 Å². The van der Waals surface area contributed by atoms with Crippen LogP contribution in [0.3, 0.4) is 0 Å². The normalized spacial score (nSPS) is 8.82. The SMILES string of the molecule is C=C=CCC(C(=O)O)C(=O)O. The minimum atomic E-state index is -1.38. The number of carboxylic acids is 2. The van der Waals surface area contributed by atoms with Crippen LogP contribution in [0.2, 0.25) is 0 Å². The van der Waals surface area contributed by atoms with E-state index in [1.807, 2.05) is 0 Å². The van der Waals surface area contributed by atoms with Crippen LogP contribution in [0, 0.1) is 5.92 Å². The van der Waals surface area contributed by atoms with Gasteiger partial charge in [-0.15, -0.1) is 5.73 Å². The Bertz CT molecular complexity index is 198. The Kier molecular flexibility index (Phi) is 3.70. The van der Waals surface area contributed by atoms with Gasteiger partial charge in [-0.05, 0) is 12.5 Å². The summed E-state index contributed by atoms with van der Waals surface area (Å²) in [6.07, 6.45) is 1.21. The highest BCUT2D eigenvalue weighted by Crippen LogP contribution is 2.03. The van der Waals surface area contributed by atoms with E-state index in [4.69, 9.17) is 10.2 Å². The first kappa shape index (κ1) is 9.46. The maximum atomic E-state index is 10.2. The molecule has 0 unspecified atom stereocenters. The van der Waals surface area contributed by atoms with Gasteiger partial charge in [0.15, 0.2) is 5.92 Å². The van der Waals surface area contributed by atoms with E-state index in [0.29, 0.717) is 0 Å². The van der Waals surface area contributed by atoms with E-state index >= 15 is 0 Å². The molecular formula is C7H8O4. The molecule has 0 aromatic rings. The zero-order chi connectivity index (χ0) is 8.85. The van der Waals surface area contributed by atoms with Crippen LogP contribution in [-0.2, 0) is 9.59 Å². The highest BCUT2D eigenvalue weighted by molar-refractivity contribution is 5.92. The summed E-state index contributed by atoms with van der Waals surface area (Å²) in [7, 11) is 0. The monoisotopic (exact) mass is 156 g/mol. The number of hydrogen-bond acceptors (Lipinski definition) is 2. The molecule has 0 bridgehead atoms. The van der Waals surface area contributed by atoms with Crippen LogP contribution in [0.1, 0.15) is 6.42 Å². The van der Waals surface area contributed by atoms with Crippen molar-refractivity contribution < 1.29 is 19.8 Å². The highest BCUT2D eigenvalue weighted by atomic mass is 16.4. The molecule has 60 valence electrons. The number of aliphatic carboxylic acids is 2. The summed E-state index contributed by atoms with van der Waals surface area (Å²) in [6, 6.07) is 0.